The first kappa shape index (κ1) is 24.0. The Kier molecular flexibility index (Phi) is 5.77. The first-order chi connectivity index (χ1) is 15.3. The van der Waals surface area contributed by atoms with Crippen molar-refractivity contribution >= 4 is 10.9 Å². The van der Waals surface area contributed by atoms with E-state index in [1.807, 2.05) is 0 Å². The summed E-state index contributed by atoms with van der Waals surface area (Å²) in [5.41, 5.74) is 17.9. The minimum Gasteiger partial charge on any atom is -0.446 e. The molecule has 33 heavy (non-hydrogen) atoms. The van der Waals surface area contributed by atoms with Crippen LogP contribution in [-0.4, -0.2) is 0 Å². The average Bonchev–Trinajstić information content (AvgIpc) is 2.80. The van der Waals surface area contributed by atoms with Crippen LogP contribution in [0, 0.1) is 90.0 Å². The highest BCUT2D eigenvalue weighted by Crippen LogP contribution is 2.55. The van der Waals surface area contributed by atoms with Gasteiger partial charge in [0.2, 0.25) is 9.79 Å². The van der Waals surface area contributed by atoms with Crippen LogP contribution in [-0.2, 0) is 10.9 Å². The second-order valence-corrected chi connectivity index (χ2v) is 12.0. The van der Waals surface area contributed by atoms with Crippen molar-refractivity contribution in [2.45, 2.75) is 105 Å². The van der Waals surface area contributed by atoms with Crippen molar-refractivity contribution in [2.24, 2.45) is 0 Å². The van der Waals surface area contributed by atoms with Crippen molar-refractivity contribution in [3.8, 4) is 11.5 Å². The van der Waals surface area contributed by atoms with Crippen molar-refractivity contribution in [2.75, 3.05) is 0 Å². The zero-order chi connectivity index (χ0) is 24.7. The van der Waals surface area contributed by atoms with Gasteiger partial charge in [0.05, 0.1) is 0 Å². The second kappa shape index (κ2) is 7.94. The van der Waals surface area contributed by atoms with Crippen LogP contribution in [0.1, 0.15) is 72.3 Å². The van der Waals surface area contributed by atoms with Crippen LogP contribution in [0.25, 0.3) is 0 Å². The topological polar surface area (TPSA) is 9.23 Å². The van der Waals surface area contributed by atoms with Crippen LogP contribution in [0.2, 0.25) is 0 Å². The van der Waals surface area contributed by atoms with Gasteiger partial charge in [0.15, 0.2) is 16.4 Å². The van der Waals surface area contributed by atoms with Crippen molar-refractivity contribution in [3.63, 3.8) is 0 Å². The molecule has 0 saturated heterocycles. The van der Waals surface area contributed by atoms with Gasteiger partial charge in [0.1, 0.15) is 10.9 Å². The zero-order valence-corrected chi connectivity index (χ0v) is 23.6. The van der Waals surface area contributed by atoms with Crippen LogP contribution < -0.4 is 4.74 Å². The molecule has 3 aromatic rings. The smallest absolute Gasteiger partial charge is 0.212 e. The van der Waals surface area contributed by atoms with Crippen molar-refractivity contribution in [3.05, 3.63) is 72.3 Å². The van der Waals surface area contributed by atoms with E-state index in [0.29, 0.717) is 0 Å². The van der Waals surface area contributed by atoms with Gasteiger partial charge in [-0.2, -0.15) is 0 Å². The highest BCUT2D eigenvalue weighted by molar-refractivity contribution is 7.97. The van der Waals surface area contributed by atoms with Gasteiger partial charge >= 0.3 is 0 Å². The van der Waals surface area contributed by atoms with E-state index in [9.17, 15) is 0 Å². The van der Waals surface area contributed by atoms with Crippen LogP contribution in [0.5, 0.6) is 11.5 Å². The molecule has 3 aromatic carbocycles. The molecule has 0 fully saturated rings. The molecule has 1 heterocycles. The standard InChI is InChI=1S/C31H39OS/c1-14-17(4)23(10)29(24(11)18(14)5)33-30-25(12)19(6)15(2)21(8)27(30)32-28-22(9)16(3)20(7)26(13)31(28)33/h1-13H3/q+1. The molecule has 0 N–H and O–H groups in total. The lowest BCUT2D eigenvalue weighted by atomic mass is 9.95. The Bertz CT molecular complexity index is 1220. The van der Waals surface area contributed by atoms with E-state index in [4.69, 9.17) is 4.74 Å². The highest BCUT2D eigenvalue weighted by Gasteiger charge is 2.47. The van der Waals surface area contributed by atoms with Crippen LogP contribution in [0.15, 0.2) is 14.7 Å². The van der Waals surface area contributed by atoms with Gasteiger partial charge in [-0.1, -0.05) is 0 Å². The summed E-state index contributed by atoms with van der Waals surface area (Å²) in [6.45, 7) is 29.6. The molecule has 1 aliphatic rings. The molecule has 2 heteroatoms. The van der Waals surface area contributed by atoms with E-state index < -0.39 is 0 Å². The first-order valence-electron chi connectivity index (χ1n) is 12.0. The molecular weight excluding hydrogens is 420 g/mol. The maximum atomic E-state index is 6.89. The monoisotopic (exact) mass is 459 g/mol. The van der Waals surface area contributed by atoms with Gasteiger partial charge in [0.25, 0.3) is 0 Å². The summed E-state index contributed by atoms with van der Waals surface area (Å²) in [7, 11) is -0.216. The molecule has 4 rings (SSSR count). The molecule has 0 amide bonds. The summed E-state index contributed by atoms with van der Waals surface area (Å²) < 4.78 is 6.89. The molecule has 174 valence electrons. The molecule has 0 saturated carbocycles. The van der Waals surface area contributed by atoms with Crippen molar-refractivity contribution < 1.29 is 4.74 Å². The molecule has 0 radical (unpaired) electrons. The van der Waals surface area contributed by atoms with Crippen LogP contribution >= 0.6 is 0 Å². The fourth-order valence-electron chi connectivity index (χ4n) is 5.40. The van der Waals surface area contributed by atoms with Gasteiger partial charge in [-0.05, 0) is 129 Å². The number of hydrogen-bond donors (Lipinski definition) is 0. The molecule has 0 aromatic heterocycles. The Hall–Kier alpha value is -2.19. The van der Waals surface area contributed by atoms with E-state index >= 15 is 0 Å². The number of benzene rings is 3. The zero-order valence-electron chi connectivity index (χ0n) is 22.8. The minimum absolute atomic E-state index is 0.216. The number of rotatable bonds is 1. The molecule has 1 nitrogen and oxygen atoms in total. The average molecular weight is 460 g/mol. The first-order valence-corrected chi connectivity index (χ1v) is 13.2. The molecule has 0 atom stereocenters. The van der Waals surface area contributed by atoms with Gasteiger partial charge in [-0.3, -0.25) is 0 Å². The molecule has 0 unspecified atom stereocenters. The Morgan fingerprint density at radius 2 is 0.545 bits per heavy atom. The summed E-state index contributed by atoms with van der Waals surface area (Å²) in [6.07, 6.45) is 0. The molecular formula is C31H39OS+. The normalized spacial score (nSPS) is 13.1. The van der Waals surface area contributed by atoms with E-state index in [1.54, 1.807) is 0 Å². The van der Waals surface area contributed by atoms with E-state index in [0.717, 1.165) is 11.5 Å². The van der Waals surface area contributed by atoms with Crippen molar-refractivity contribution in [1.29, 1.82) is 0 Å². The fraction of sp³-hybridized carbons (Fsp3) is 0.419. The lowest BCUT2D eigenvalue weighted by molar-refractivity contribution is 0.441. The Labute approximate surface area is 203 Å². The third-order valence-electron chi connectivity index (χ3n) is 8.90. The summed E-state index contributed by atoms with van der Waals surface area (Å²) in [5, 5.41) is 0. The SMILES string of the molecule is Cc1c(C)c(C)c([S+]2c3c(C)c(C)c(C)c(C)c3Oc3c(C)c(C)c(C)c(C)c32)c(C)c1C. The van der Waals surface area contributed by atoms with Crippen LogP contribution in [0.3, 0.4) is 0 Å². The van der Waals surface area contributed by atoms with E-state index in [2.05, 4.69) is 90.0 Å². The summed E-state index contributed by atoms with van der Waals surface area (Å²) in [6, 6.07) is 0. The predicted molar refractivity (Wildman–Crippen MR) is 143 cm³/mol. The molecule has 0 bridgehead atoms. The summed E-state index contributed by atoms with van der Waals surface area (Å²) in [5.74, 6) is 2.18. The van der Waals surface area contributed by atoms with Gasteiger partial charge < -0.3 is 4.74 Å². The maximum Gasteiger partial charge on any atom is 0.212 e. The Balaban J connectivity index is 2.28. The quantitative estimate of drug-likeness (QED) is 0.258. The largest absolute Gasteiger partial charge is 0.446 e. The number of ether oxygens (including phenoxy) is 1. The van der Waals surface area contributed by atoms with Gasteiger partial charge in [-0.15, -0.1) is 0 Å². The maximum absolute atomic E-state index is 6.89. The van der Waals surface area contributed by atoms with Crippen LogP contribution in [0.4, 0.5) is 0 Å². The Morgan fingerprint density at radius 1 is 0.303 bits per heavy atom. The highest BCUT2D eigenvalue weighted by atomic mass is 32.2. The van der Waals surface area contributed by atoms with Crippen molar-refractivity contribution in [1.82, 2.24) is 0 Å². The van der Waals surface area contributed by atoms with Gasteiger partial charge in [0, 0.05) is 33.4 Å². The third kappa shape index (κ3) is 3.13. The molecule has 0 aliphatic carbocycles. The lowest BCUT2D eigenvalue weighted by Crippen LogP contribution is -2.22. The lowest BCUT2D eigenvalue weighted by Gasteiger charge is -2.30. The third-order valence-corrected chi connectivity index (χ3v) is 11.7. The second-order valence-electron chi connectivity index (χ2n) is 10.2. The summed E-state index contributed by atoms with van der Waals surface area (Å²) in [4.78, 5) is 4.28. The van der Waals surface area contributed by atoms with Gasteiger partial charge in [-0.25, -0.2) is 0 Å². The van der Waals surface area contributed by atoms with E-state index in [1.165, 1.54) is 87.0 Å². The number of fused-ring (bicyclic) bond motifs is 2. The molecule has 1 aliphatic heterocycles. The molecule has 0 spiro atoms. The minimum atomic E-state index is -0.216. The number of hydrogen-bond acceptors (Lipinski definition) is 1. The van der Waals surface area contributed by atoms with E-state index in [-0.39, 0.29) is 10.9 Å². The predicted octanol–water partition coefficient (Wildman–Crippen LogP) is 8.90. The Morgan fingerprint density at radius 3 is 0.879 bits per heavy atom. The fourth-order valence-corrected chi connectivity index (χ4v) is 8.61. The summed E-state index contributed by atoms with van der Waals surface area (Å²) >= 11 is 0.